The molecule has 0 atom stereocenters. The van der Waals surface area contributed by atoms with E-state index in [-0.39, 0.29) is 6.54 Å². The molecule has 1 fully saturated rings. The molecule has 1 aromatic rings. The molecule has 34 heavy (non-hydrogen) atoms. The number of aromatic nitrogens is 2. The molecule has 0 saturated carbocycles. The normalized spacial score (nSPS) is 17.6. The number of hydrogen-bond donors (Lipinski definition) is 0. The van der Waals surface area contributed by atoms with Crippen molar-refractivity contribution in [3.8, 4) is 0 Å². The highest BCUT2D eigenvalue weighted by Crippen LogP contribution is 2.36. The molecule has 0 N–H and O–H groups in total. The number of carbonyl (C=O) groups excluding carboxylic acids is 2. The van der Waals surface area contributed by atoms with Crippen LogP contribution in [0.25, 0.3) is 0 Å². The van der Waals surface area contributed by atoms with E-state index in [0.717, 1.165) is 17.5 Å². The quantitative estimate of drug-likeness (QED) is 0.555. The van der Waals surface area contributed by atoms with Crippen molar-refractivity contribution >= 4 is 24.8 Å². The number of hydrogen-bond acceptors (Lipinski definition) is 7. The summed E-state index contributed by atoms with van der Waals surface area (Å²) in [6.45, 7) is 21.4. The Morgan fingerprint density at radius 2 is 1.56 bits per heavy atom. The Labute approximate surface area is 204 Å². The Hall–Kier alpha value is -2.07. The van der Waals surface area contributed by atoms with Crippen molar-refractivity contribution < 1.29 is 28.4 Å². The molecule has 1 saturated heterocycles. The van der Waals surface area contributed by atoms with Gasteiger partial charge in [-0.15, -0.1) is 0 Å². The molecule has 0 aromatic carbocycles. The zero-order chi connectivity index (χ0) is 26.1. The summed E-state index contributed by atoms with van der Waals surface area (Å²) in [5, 5.41) is 4.49. The minimum absolute atomic E-state index is 0.143. The van der Waals surface area contributed by atoms with Crippen molar-refractivity contribution in [2.45, 2.75) is 118 Å². The average molecular weight is 479 g/mol. The largest absolute Gasteiger partial charge is 0.498 e. The summed E-state index contributed by atoms with van der Waals surface area (Å²) in [5.74, 6) is 0. The molecule has 10 heteroatoms. The standard InChI is InChI=1S/C24H42BN3O6/c1-12-13-14-27(19(29)31-21(2,3)4)16-18-17(25-33-23(8,9)24(10,11)34-25)15-28(26-18)20(30)32-22(5,6)7/h15H,12-14,16H2,1-11H3. The number of ether oxygens (including phenoxy) is 2. The van der Waals surface area contributed by atoms with Crippen LogP contribution in [0.5, 0.6) is 0 Å². The van der Waals surface area contributed by atoms with Gasteiger partial charge in [-0.25, -0.2) is 9.59 Å². The molecule has 1 amide bonds. The number of rotatable bonds is 6. The molecule has 192 valence electrons. The lowest BCUT2D eigenvalue weighted by Gasteiger charge is -2.32. The number of nitrogens with zero attached hydrogens (tertiary/aromatic N) is 3. The summed E-state index contributed by atoms with van der Waals surface area (Å²) in [6.07, 6.45) is 2.23. The zero-order valence-electron chi connectivity index (χ0n) is 22.8. The van der Waals surface area contributed by atoms with E-state index < -0.39 is 41.7 Å². The van der Waals surface area contributed by atoms with Gasteiger partial charge in [-0.05, 0) is 75.7 Å². The summed E-state index contributed by atoms with van der Waals surface area (Å²) in [7, 11) is -0.747. The molecule has 1 aliphatic heterocycles. The van der Waals surface area contributed by atoms with Crippen molar-refractivity contribution in [3.63, 3.8) is 0 Å². The fraction of sp³-hybridized carbons (Fsp3) is 0.792. The average Bonchev–Trinajstić information content (AvgIpc) is 3.13. The molecule has 0 radical (unpaired) electrons. The molecule has 0 unspecified atom stereocenters. The van der Waals surface area contributed by atoms with Gasteiger partial charge in [0.2, 0.25) is 0 Å². The van der Waals surface area contributed by atoms with Gasteiger partial charge >= 0.3 is 19.3 Å². The highest BCUT2D eigenvalue weighted by molar-refractivity contribution is 6.62. The number of unbranched alkanes of at least 4 members (excludes halogenated alkanes) is 1. The van der Waals surface area contributed by atoms with E-state index in [1.54, 1.807) is 31.9 Å². The summed E-state index contributed by atoms with van der Waals surface area (Å²) in [6, 6.07) is 0. The van der Waals surface area contributed by atoms with Crippen LogP contribution in [0.15, 0.2) is 6.20 Å². The zero-order valence-corrected chi connectivity index (χ0v) is 22.8. The van der Waals surface area contributed by atoms with E-state index in [1.807, 2.05) is 48.5 Å². The fourth-order valence-corrected chi connectivity index (χ4v) is 3.21. The maximum atomic E-state index is 13.0. The van der Waals surface area contributed by atoms with Crippen molar-refractivity contribution in [2.75, 3.05) is 6.54 Å². The molecular weight excluding hydrogens is 437 g/mol. The van der Waals surface area contributed by atoms with Gasteiger partial charge in [0.1, 0.15) is 11.2 Å². The molecule has 0 aliphatic carbocycles. The van der Waals surface area contributed by atoms with Crippen LogP contribution in [0, 0.1) is 0 Å². The highest BCUT2D eigenvalue weighted by Gasteiger charge is 2.53. The third-order valence-corrected chi connectivity index (χ3v) is 5.68. The van der Waals surface area contributed by atoms with Crippen LogP contribution in [-0.2, 0) is 25.3 Å². The number of carbonyl (C=O) groups is 2. The minimum Gasteiger partial charge on any atom is -0.444 e. The van der Waals surface area contributed by atoms with Crippen molar-refractivity contribution in [3.05, 3.63) is 11.9 Å². The molecule has 2 heterocycles. The maximum Gasteiger partial charge on any atom is 0.498 e. The lowest BCUT2D eigenvalue weighted by Crippen LogP contribution is -2.41. The van der Waals surface area contributed by atoms with E-state index in [4.69, 9.17) is 18.8 Å². The van der Waals surface area contributed by atoms with E-state index in [9.17, 15) is 9.59 Å². The van der Waals surface area contributed by atoms with Crippen LogP contribution in [0.1, 0.15) is 94.7 Å². The first-order valence-corrected chi connectivity index (χ1v) is 12.0. The third kappa shape index (κ3) is 7.22. The summed E-state index contributed by atoms with van der Waals surface area (Å²) >= 11 is 0. The summed E-state index contributed by atoms with van der Waals surface area (Å²) < 4.78 is 24.7. The first-order valence-electron chi connectivity index (χ1n) is 12.0. The second-order valence-corrected chi connectivity index (χ2v) is 11.8. The first-order chi connectivity index (χ1) is 15.4. The van der Waals surface area contributed by atoms with Crippen LogP contribution in [0.2, 0.25) is 0 Å². The Kier molecular flexibility index (Phi) is 8.20. The Morgan fingerprint density at radius 3 is 2.03 bits per heavy atom. The van der Waals surface area contributed by atoms with Crippen molar-refractivity contribution in [1.82, 2.24) is 14.7 Å². The van der Waals surface area contributed by atoms with Gasteiger partial charge in [0.05, 0.1) is 23.4 Å². The van der Waals surface area contributed by atoms with Gasteiger partial charge < -0.3 is 23.7 Å². The van der Waals surface area contributed by atoms with E-state index >= 15 is 0 Å². The second kappa shape index (κ2) is 9.89. The number of amides is 1. The minimum atomic E-state index is -0.747. The predicted molar refractivity (Wildman–Crippen MR) is 131 cm³/mol. The SMILES string of the molecule is CCCCN(Cc1nn(C(=O)OC(C)(C)C)cc1B1OC(C)(C)C(C)(C)O1)C(=O)OC(C)(C)C. The topological polar surface area (TPSA) is 92.1 Å². The molecule has 2 rings (SSSR count). The Balaban J connectivity index is 2.44. The van der Waals surface area contributed by atoms with Gasteiger partial charge in [0.25, 0.3) is 0 Å². The fourth-order valence-electron chi connectivity index (χ4n) is 3.21. The summed E-state index contributed by atoms with van der Waals surface area (Å²) in [4.78, 5) is 27.3. The monoisotopic (exact) mass is 479 g/mol. The molecule has 1 aliphatic rings. The van der Waals surface area contributed by atoms with Crippen LogP contribution in [0.4, 0.5) is 9.59 Å². The van der Waals surface area contributed by atoms with Gasteiger partial charge in [-0.1, -0.05) is 13.3 Å². The van der Waals surface area contributed by atoms with E-state index in [0.29, 0.717) is 17.7 Å². The van der Waals surface area contributed by atoms with Gasteiger partial charge in [-0.3, -0.25) is 0 Å². The Morgan fingerprint density at radius 1 is 1.03 bits per heavy atom. The van der Waals surface area contributed by atoms with E-state index in [1.165, 1.54) is 0 Å². The van der Waals surface area contributed by atoms with Crippen LogP contribution < -0.4 is 5.46 Å². The third-order valence-electron chi connectivity index (χ3n) is 5.68. The Bertz CT molecular complexity index is 866. The van der Waals surface area contributed by atoms with Crippen LogP contribution in [-0.4, -0.2) is 62.9 Å². The second-order valence-electron chi connectivity index (χ2n) is 11.8. The highest BCUT2D eigenvalue weighted by atomic mass is 16.7. The first kappa shape index (κ1) is 28.2. The van der Waals surface area contributed by atoms with E-state index in [2.05, 4.69) is 12.0 Å². The molecule has 0 spiro atoms. The van der Waals surface area contributed by atoms with Gasteiger partial charge in [0, 0.05) is 18.2 Å². The lowest BCUT2D eigenvalue weighted by molar-refractivity contribution is 0.00578. The van der Waals surface area contributed by atoms with Gasteiger partial charge in [-0.2, -0.15) is 9.78 Å². The molecule has 0 bridgehead atoms. The van der Waals surface area contributed by atoms with Crippen LogP contribution in [0.3, 0.4) is 0 Å². The van der Waals surface area contributed by atoms with Crippen molar-refractivity contribution in [1.29, 1.82) is 0 Å². The van der Waals surface area contributed by atoms with Gasteiger partial charge in [0.15, 0.2) is 0 Å². The molecular formula is C24H42BN3O6. The predicted octanol–water partition coefficient (Wildman–Crippen LogP) is 4.50. The van der Waals surface area contributed by atoms with Crippen LogP contribution >= 0.6 is 0 Å². The maximum absolute atomic E-state index is 13.0. The summed E-state index contributed by atoms with van der Waals surface area (Å²) in [5.41, 5.74) is -1.39. The lowest BCUT2D eigenvalue weighted by atomic mass is 9.79. The van der Waals surface area contributed by atoms with Crippen molar-refractivity contribution in [2.24, 2.45) is 0 Å². The molecule has 9 nitrogen and oxygen atoms in total. The smallest absolute Gasteiger partial charge is 0.444 e. The molecule has 1 aromatic heterocycles.